The Kier molecular flexibility index (Phi) is 3.05. The maximum absolute atomic E-state index is 6.06. The van der Waals surface area contributed by atoms with Crippen LogP contribution in [0.25, 0.3) is 0 Å². The minimum atomic E-state index is -0.200. The summed E-state index contributed by atoms with van der Waals surface area (Å²) in [6.07, 6.45) is 0.957. The number of aryl methyl sites for hydroxylation is 1. The van der Waals surface area contributed by atoms with Crippen LogP contribution in [0.2, 0.25) is 0 Å². The van der Waals surface area contributed by atoms with E-state index in [4.69, 9.17) is 9.47 Å². The zero-order chi connectivity index (χ0) is 13.6. The number of nitrogens with one attached hydrogen (secondary N) is 1. The van der Waals surface area contributed by atoms with Gasteiger partial charge in [0.15, 0.2) is 5.82 Å². The van der Waals surface area contributed by atoms with E-state index in [1.807, 2.05) is 13.1 Å². The van der Waals surface area contributed by atoms with Crippen molar-refractivity contribution in [1.29, 1.82) is 0 Å². The Morgan fingerprint density at radius 1 is 1.44 bits per heavy atom. The molecule has 1 atom stereocenters. The highest BCUT2D eigenvalue weighted by Crippen LogP contribution is 2.38. The van der Waals surface area contributed by atoms with Crippen LogP contribution < -0.4 is 10.1 Å². The van der Waals surface area contributed by atoms with Gasteiger partial charge in [0.05, 0.1) is 24.4 Å². The molecule has 1 N–H and O–H groups in total. The Bertz CT molecular complexity index is 437. The van der Waals surface area contributed by atoms with Crippen LogP contribution >= 0.6 is 0 Å². The average molecular weight is 253 g/mol. The van der Waals surface area contributed by atoms with Crippen LogP contribution in [0.3, 0.4) is 0 Å². The van der Waals surface area contributed by atoms with Gasteiger partial charge >= 0.3 is 0 Å². The molecule has 2 heterocycles. The molecule has 0 aliphatic carbocycles. The Labute approximate surface area is 108 Å². The largest absolute Gasteiger partial charge is 0.481 e. The van der Waals surface area contributed by atoms with Gasteiger partial charge in [-0.15, -0.1) is 0 Å². The van der Waals surface area contributed by atoms with Crippen molar-refractivity contribution < 1.29 is 9.47 Å². The summed E-state index contributed by atoms with van der Waals surface area (Å²) in [7, 11) is 3.51. The van der Waals surface area contributed by atoms with Gasteiger partial charge in [-0.25, -0.2) is 4.68 Å². The fourth-order valence-corrected chi connectivity index (χ4v) is 2.68. The molecule has 5 heteroatoms. The van der Waals surface area contributed by atoms with Crippen molar-refractivity contribution >= 4 is 5.82 Å². The molecule has 18 heavy (non-hydrogen) atoms. The summed E-state index contributed by atoms with van der Waals surface area (Å²) >= 11 is 0. The van der Waals surface area contributed by atoms with Crippen molar-refractivity contribution in [2.24, 2.45) is 7.05 Å². The van der Waals surface area contributed by atoms with Gasteiger partial charge in [0.25, 0.3) is 0 Å². The second kappa shape index (κ2) is 4.16. The van der Waals surface area contributed by atoms with Crippen LogP contribution in [0.4, 0.5) is 5.82 Å². The van der Waals surface area contributed by atoms with E-state index in [2.05, 4.69) is 38.1 Å². The van der Waals surface area contributed by atoms with Gasteiger partial charge < -0.3 is 14.8 Å². The van der Waals surface area contributed by atoms with Crippen LogP contribution in [0, 0.1) is 0 Å². The third-order valence-corrected chi connectivity index (χ3v) is 3.44. The van der Waals surface area contributed by atoms with Gasteiger partial charge in [-0.2, -0.15) is 5.10 Å². The number of ether oxygens (including phenoxy) is 2. The summed E-state index contributed by atoms with van der Waals surface area (Å²) in [5.74, 6) is 1.57. The number of hydrogen-bond donors (Lipinski definition) is 1. The molecule has 1 unspecified atom stereocenters. The fourth-order valence-electron chi connectivity index (χ4n) is 2.68. The lowest BCUT2D eigenvalue weighted by atomic mass is 9.94. The van der Waals surface area contributed by atoms with E-state index in [9.17, 15) is 0 Å². The van der Waals surface area contributed by atoms with Gasteiger partial charge in [0.1, 0.15) is 0 Å². The van der Waals surface area contributed by atoms with E-state index < -0.39 is 0 Å². The minimum absolute atomic E-state index is 0.0972. The van der Waals surface area contributed by atoms with E-state index in [0.29, 0.717) is 0 Å². The summed E-state index contributed by atoms with van der Waals surface area (Å²) in [4.78, 5) is 0. The summed E-state index contributed by atoms with van der Waals surface area (Å²) < 4.78 is 13.0. The molecule has 1 saturated heterocycles. The monoisotopic (exact) mass is 253 g/mol. The van der Waals surface area contributed by atoms with Crippen LogP contribution in [-0.2, 0) is 11.8 Å². The Morgan fingerprint density at radius 2 is 2.11 bits per heavy atom. The van der Waals surface area contributed by atoms with Crippen LogP contribution in [0.1, 0.15) is 34.1 Å². The van der Waals surface area contributed by atoms with Gasteiger partial charge in [-0.3, -0.25) is 0 Å². The molecule has 0 radical (unpaired) electrons. The van der Waals surface area contributed by atoms with Crippen molar-refractivity contribution in [3.63, 3.8) is 0 Å². The normalized spacial score (nSPS) is 25.1. The molecule has 0 amide bonds. The lowest BCUT2D eigenvalue weighted by molar-refractivity contribution is -0.0662. The maximum Gasteiger partial charge on any atom is 0.213 e. The lowest BCUT2D eigenvalue weighted by Crippen LogP contribution is -2.38. The highest BCUT2D eigenvalue weighted by Gasteiger charge is 2.46. The molecular weight excluding hydrogens is 230 g/mol. The minimum Gasteiger partial charge on any atom is -0.481 e. The average Bonchev–Trinajstić information content (AvgIpc) is 2.64. The highest BCUT2D eigenvalue weighted by atomic mass is 16.5. The number of rotatable bonds is 3. The molecule has 5 nitrogen and oxygen atoms in total. The molecule has 1 aliphatic heterocycles. The molecule has 1 aromatic heterocycles. The smallest absolute Gasteiger partial charge is 0.213 e. The Hall–Kier alpha value is -1.23. The Balaban J connectivity index is 2.14. The number of hydrogen-bond acceptors (Lipinski definition) is 4. The predicted octanol–water partition coefficient (Wildman–Crippen LogP) is 2.19. The molecule has 0 bridgehead atoms. The van der Waals surface area contributed by atoms with Crippen LogP contribution in [0.15, 0.2) is 6.07 Å². The topological polar surface area (TPSA) is 48.3 Å². The molecule has 1 aliphatic rings. The molecule has 1 aromatic rings. The van der Waals surface area contributed by atoms with Gasteiger partial charge in [0.2, 0.25) is 5.88 Å². The number of nitrogens with zero attached hydrogens (tertiary/aromatic N) is 2. The first-order valence-electron chi connectivity index (χ1n) is 6.28. The first kappa shape index (κ1) is 13.2. The molecule has 1 fully saturated rings. The van der Waals surface area contributed by atoms with Gasteiger partial charge in [0, 0.05) is 13.1 Å². The zero-order valence-electron chi connectivity index (χ0n) is 12.1. The first-order valence-corrected chi connectivity index (χ1v) is 6.28. The van der Waals surface area contributed by atoms with E-state index in [0.717, 1.165) is 18.1 Å². The van der Waals surface area contributed by atoms with E-state index >= 15 is 0 Å². The third-order valence-electron chi connectivity index (χ3n) is 3.44. The summed E-state index contributed by atoms with van der Waals surface area (Å²) in [6.45, 7) is 8.46. The number of aromatic nitrogens is 2. The SMILES string of the molecule is COc1cc(NC2CC(C)(C)OC2(C)C)nn1C. The first-order chi connectivity index (χ1) is 8.23. The van der Waals surface area contributed by atoms with Crippen molar-refractivity contribution in [2.45, 2.75) is 51.4 Å². The molecule has 2 rings (SSSR count). The summed E-state index contributed by atoms with van der Waals surface area (Å²) in [6, 6.07) is 2.15. The predicted molar refractivity (Wildman–Crippen MR) is 71.0 cm³/mol. The van der Waals surface area contributed by atoms with E-state index in [-0.39, 0.29) is 17.2 Å². The fraction of sp³-hybridized carbons (Fsp3) is 0.769. The third kappa shape index (κ3) is 2.46. The molecular formula is C13H23N3O2. The second-order valence-corrected chi connectivity index (χ2v) is 6.06. The number of methoxy groups -OCH3 is 1. The van der Waals surface area contributed by atoms with E-state index in [1.54, 1.807) is 11.8 Å². The van der Waals surface area contributed by atoms with Gasteiger partial charge in [-0.05, 0) is 34.1 Å². The maximum atomic E-state index is 6.06. The molecule has 0 saturated carbocycles. The molecule has 0 spiro atoms. The van der Waals surface area contributed by atoms with Crippen molar-refractivity contribution in [1.82, 2.24) is 9.78 Å². The summed E-state index contributed by atoms with van der Waals surface area (Å²) in [5.41, 5.74) is -0.297. The lowest BCUT2D eigenvalue weighted by Gasteiger charge is -2.27. The Morgan fingerprint density at radius 3 is 2.56 bits per heavy atom. The quantitative estimate of drug-likeness (QED) is 0.897. The molecule has 102 valence electrons. The van der Waals surface area contributed by atoms with Crippen molar-refractivity contribution in [2.75, 3.05) is 12.4 Å². The molecule has 0 aromatic carbocycles. The standard InChI is InChI=1S/C13H23N3O2/c1-12(2)8-9(13(3,4)18-12)14-10-7-11(17-6)16(5)15-10/h7,9H,8H2,1-6H3,(H,14,15). The van der Waals surface area contributed by atoms with Crippen molar-refractivity contribution in [3.8, 4) is 5.88 Å². The highest BCUT2D eigenvalue weighted by molar-refractivity contribution is 5.40. The van der Waals surface area contributed by atoms with Crippen LogP contribution in [0.5, 0.6) is 5.88 Å². The van der Waals surface area contributed by atoms with E-state index in [1.165, 1.54) is 0 Å². The van der Waals surface area contributed by atoms with Crippen LogP contribution in [-0.4, -0.2) is 34.1 Å². The van der Waals surface area contributed by atoms with Gasteiger partial charge in [-0.1, -0.05) is 0 Å². The number of anilines is 1. The summed E-state index contributed by atoms with van der Waals surface area (Å²) in [5, 5.41) is 7.83. The van der Waals surface area contributed by atoms with Crippen molar-refractivity contribution in [3.05, 3.63) is 6.07 Å². The second-order valence-electron chi connectivity index (χ2n) is 6.06. The zero-order valence-corrected chi connectivity index (χ0v) is 12.1.